The predicted molar refractivity (Wildman–Crippen MR) is 48.8 cm³/mol. The van der Waals surface area contributed by atoms with Gasteiger partial charge in [0.05, 0.1) is 19.3 Å². The van der Waals surface area contributed by atoms with Crippen molar-refractivity contribution in [3.8, 4) is 0 Å². The summed E-state index contributed by atoms with van der Waals surface area (Å²) in [6.07, 6.45) is 0.827. The number of hydrogen-bond acceptors (Lipinski definition) is 4. The highest BCUT2D eigenvalue weighted by Crippen LogP contribution is 2.33. The number of rotatable bonds is 7. The molecule has 0 saturated carbocycles. The second kappa shape index (κ2) is 7.62. The van der Waals surface area contributed by atoms with Crippen LogP contribution in [0.15, 0.2) is 0 Å². The highest BCUT2D eigenvalue weighted by atomic mass is 31.2. The smallest absolute Gasteiger partial charge is 0.256 e. The van der Waals surface area contributed by atoms with Crippen LogP contribution in [0.1, 0.15) is 20.8 Å². The van der Waals surface area contributed by atoms with Crippen molar-refractivity contribution in [2.24, 2.45) is 0 Å². The highest BCUT2D eigenvalue weighted by molar-refractivity contribution is 7.45. The molecule has 5 heteroatoms. The molecule has 12 heavy (non-hydrogen) atoms. The normalized spacial score (nSPS) is 13.3. The SMILES string of the molecule is CCOP(NC(C)C=O)OCC. The number of carbonyl (C=O) groups is 1. The Morgan fingerprint density at radius 2 is 1.92 bits per heavy atom. The van der Waals surface area contributed by atoms with Crippen molar-refractivity contribution in [1.82, 2.24) is 5.09 Å². The van der Waals surface area contributed by atoms with Crippen LogP contribution < -0.4 is 5.09 Å². The minimum absolute atomic E-state index is 0.214. The van der Waals surface area contributed by atoms with E-state index in [1.54, 1.807) is 6.92 Å². The third-order valence-corrected chi connectivity index (χ3v) is 2.61. The molecule has 0 spiro atoms. The van der Waals surface area contributed by atoms with Gasteiger partial charge in [0.25, 0.3) is 8.53 Å². The van der Waals surface area contributed by atoms with E-state index in [0.29, 0.717) is 13.2 Å². The van der Waals surface area contributed by atoms with Crippen LogP contribution in [-0.2, 0) is 13.8 Å². The molecule has 4 nitrogen and oxygen atoms in total. The van der Waals surface area contributed by atoms with Crippen LogP contribution in [0.25, 0.3) is 0 Å². The molecule has 0 aliphatic carbocycles. The summed E-state index contributed by atoms with van der Waals surface area (Å²) in [5.74, 6) is 0. The van der Waals surface area contributed by atoms with Gasteiger partial charge in [0, 0.05) is 0 Å². The van der Waals surface area contributed by atoms with Gasteiger partial charge in [-0.1, -0.05) is 0 Å². The topological polar surface area (TPSA) is 47.6 Å². The molecule has 1 atom stereocenters. The average Bonchev–Trinajstić information content (AvgIpc) is 2.05. The molecule has 0 bridgehead atoms. The van der Waals surface area contributed by atoms with E-state index in [0.717, 1.165) is 6.29 Å². The second-order valence-electron chi connectivity index (χ2n) is 2.15. The zero-order chi connectivity index (χ0) is 9.40. The minimum atomic E-state index is -1.09. The molecule has 0 aromatic rings. The first-order valence-corrected chi connectivity index (χ1v) is 5.19. The van der Waals surface area contributed by atoms with Gasteiger partial charge in [-0.3, -0.25) is 0 Å². The monoisotopic (exact) mass is 193 g/mol. The fraction of sp³-hybridized carbons (Fsp3) is 0.857. The number of carbonyl (C=O) groups excluding carboxylic acids is 1. The van der Waals surface area contributed by atoms with Crippen LogP contribution in [0, 0.1) is 0 Å². The maximum atomic E-state index is 10.3. The summed E-state index contributed by atoms with van der Waals surface area (Å²) in [4.78, 5) is 10.3. The summed E-state index contributed by atoms with van der Waals surface area (Å²) in [5.41, 5.74) is 0. The van der Waals surface area contributed by atoms with Crippen molar-refractivity contribution in [2.75, 3.05) is 13.2 Å². The average molecular weight is 193 g/mol. The van der Waals surface area contributed by atoms with E-state index in [2.05, 4.69) is 5.09 Å². The van der Waals surface area contributed by atoms with E-state index >= 15 is 0 Å². The highest BCUT2D eigenvalue weighted by Gasteiger charge is 2.11. The van der Waals surface area contributed by atoms with Crippen LogP contribution in [0.2, 0.25) is 0 Å². The van der Waals surface area contributed by atoms with Crippen LogP contribution in [0.3, 0.4) is 0 Å². The summed E-state index contributed by atoms with van der Waals surface area (Å²) in [7, 11) is -1.09. The molecule has 0 aromatic carbocycles. The maximum absolute atomic E-state index is 10.3. The summed E-state index contributed by atoms with van der Waals surface area (Å²) in [6, 6.07) is -0.214. The predicted octanol–water partition coefficient (Wildman–Crippen LogP) is 1.46. The Morgan fingerprint density at radius 3 is 2.25 bits per heavy atom. The van der Waals surface area contributed by atoms with Crippen LogP contribution >= 0.6 is 8.53 Å². The lowest BCUT2D eigenvalue weighted by Crippen LogP contribution is -2.23. The number of hydrogen-bond donors (Lipinski definition) is 1. The molecule has 0 rings (SSSR count). The first-order valence-electron chi connectivity index (χ1n) is 4.02. The Balaban J connectivity index is 3.68. The zero-order valence-corrected chi connectivity index (χ0v) is 8.64. The molecule has 1 unspecified atom stereocenters. The lowest BCUT2D eigenvalue weighted by Gasteiger charge is -2.17. The van der Waals surface area contributed by atoms with E-state index < -0.39 is 8.53 Å². The van der Waals surface area contributed by atoms with Crippen LogP contribution in [0.4, 0.5) is 0 Å². The molecule has 0 heterocycles. The van der Waals surface area contributed by atoms with Crippen molar-refractivity contribution >= 4 is 14.8 Å². The van der Waals surface area contributed by atoms with E-state index in [-0.39, 0.29) is 6.04 Å². The van der Waals surface area contributed by atoms with Gasteiger partial charge in [0.2, 0.25) is 0 Å². The largest absolute Gasteiger partial charge is 0.322 e. The summed E-state index contributed by atoms with van der Waals surface area (Å²) in [6.45, 7) is 6.72. The standard InChI is InChI=1S/C7H16NO3P/c1-4-10-12(11-5-2)8-7(3)6-9/h6-8H,4-5H2,1-3H3. The maximum Gasteiger partial charge on any atom is 0.256 e. The van der Waals surface area contributed by atoms with Gasteiger partial charge >= 0.3 is 0 Å². The molecule has 0 fully saturated rings. The van der Waals surface area contributed by atoms with Gasteiger partial charge in [-0.05, 0) is 20.8 Å². The number of aldehydes is 1. The van der Waals surface area contributed by atoms with Crippen molar-refractivity contribution in [3.05, 3.63) is 0 Å². The van der Waals surface area contributed by atoms with Crippen molar-refractivity contribution in [3.63, 3.8) is 0 Å². The lowest BCUT2D eigenvalue weighted by molar-refractivity contribution is -0.108. The lowest BCUT2D eigenvalue weighted by atomic mass is 10.4. The fourth-order valence-corrected chi connectivity index (χ4v) is 1.63. The first-order chi connectivity index (χ1) is 5.74. The molecular formula is C7H16NO3P. The van der Waals surface area contributed by atoms with Gasteiger partial charge < -0.3 is 13.8 Å². The molecule has 0 aliphatic rings. The fourth-order valence-electron chi connectivity index (χ4n) is 0.543. The third-order valence-electron chi connectivity index (χ3n) is 1.01. The number of nitrogens with one attached hydrogen (secondary N) is 1. The molecule has 72 valence electrons. The van der Waals surface area contributed by atoms with E-state index in [1.807, 2.05) is 13.8 Å². The van der Waals surface area contributed by atoms with Gasteiger partial charge in [-0.2, -0.15) is 0 Å². The first kappa shape index (κ1) is 12.0. The molecule has 0 amide bonds. The Labute approximate surface area is 74.6 Å². The third kappa shape index (κ3) is 5.61. The Hall–Kier alpha value is -0.0200. The summed E-state index contributed by atoms with van der Waals surface area (Å²) >= 11 is 0. The molecule has 0 aliphatic heterocycles. The Kier molecular flexibility index (Phi) is 7.61. The van der Waals surface area contributed by atoms with Crippen LogP contribution in [0.5, 0.6) is 0 Å². The van der Waals surface area contributed by atoms with E-state index in [1.165, 1.54) is 0 Å². The minimum Gasteiger partial charge on any atom is -0.322 e. The van der Waals surface area contributed by atoms with E-state index in [9.17, 15) is 4.79 Å². The second-order valence-corrected chi connectivity index (χ2v) is 3.44. The molecule has 0 saturated heterocycles. The molecule has 1 N–H and O–H groups in total. The summed E-state index contributed by atoms with van der Waals surface area (Å²) < 4.78 is 10.5. The molecule has 0 aromatic heterocycles. The van der Waals surface area contributed by atoms with Gasteiger partial charge in [-0.15, -0.1) is 0 Å². The van der Waals surface area contributed by atoms with Gasteiger partial charge in [-0.25, -0.2) is 5.09 Å². The molecule has 0 radical (unpaired) electrons. The van der Waals surface area contributed by atoms with E-state index in [4.69, 9.17) is 9.05 Å². The van der Waals surface area contributed by atoms with Gasteiger partial charge in [0.1, 0.15) is 6.29 Å². The van der Waals surface area contributed by atoms with Gasteiger partial charge in [0.15, 0.2) is 0 Å². The van der Waals surface area contributed by atoms with Crippen molar-refractivity contribution in [1.29, 1.82) is 0 Å². The molecular weight excluding hydrogens is 177 g/mol. The Bertz CT molecular complexity index is 117. The quantitative estimate of drug-likeness (QED) is 0.491. The zero-order valence-electron chi connectivity index (χ0n) is 7.74. The van der Waals surface area contributed by atoms with Crippen LogP contribution in [-0.4, -0.2) is 25.5 Å². The van der Waals surface area contributed by atoms with Crippen molar-refractivity contribution < 1.29 is 13.8 Å². The summed E-state index contributed by atoms with van der Waals surface area (Å²) in [5, 5.41) is 2.92. The van der Waals surface area contributed by atoms with Crippen molar-refractivity contribution in [2.45, 2.75) is 26.8 Å². The Morgan fingerprint density at radius 1 is 1.42 bits per heavy atom.